The molecule has 668 valence electrons. The average Bonchev–Trinajstić information content (AvgIpc) is 1.63. The van der Waals surface area contributed by atoms with Crippen LogP contribution in [-0.4, -0.2) is 4.70 Å². The Labute approximate surface area is 724 Å². The summed E-state index contributed by atoms with van der Waals surface area (Å²) in [5.74, 6) is 0. The van der Waals surface area contributed by atoms with Crippen molar-refractivity contribution in [2.45, 2.75) is 610 Å². The first-order valence-corrected chi connectivity index (χ1v) is 54.6. The van der Waals surface area contributed by atoms with Crippen LogP contribution in [0, 0.1) is 0 Å². The van der Waals surface area contributed by atoms with Crippen molar-refractivity contribution in [1.82, 2.24) is 0 Å². The molecule has 0 atom stereocenters. The fraction of sp³-hybridized carbons (Fsp3) is 0.856. The third kappa shape index (κ3) is 71.7. The van der Waals surface area contributed by atoms with Crippen LogP contribution in [0.15, 0.2) is 60.2 Å². The topological polar surface area (TPSA) is 25.3 Å². The van der Waals surface area contributed by atoms with Crippen molar-refractivity contribution in [3.63, 3.8) is 0 Å². The van der Waals surface area contributed by atoms with Crippen LogP contribution < -0.4 is 0 Å². The van der Waals surface area contributed by atoms with Gasteiger partial charge in [-0.3, -0.25) is 0 Å². The Balaban J connectivity index is 0.00000308. The third-order valence-electron chi connectivity index (χ3n) is 25.8. The molecule has 3 heteroatoms. The second kappa shape index (κ2) is 90.3. The maximum atomic E-state index is 12.3. The van der Waals surface area contributed by atoms with Gasteiger partial charge in [0.15, 0.2) is 0 Å². The Bertz CT molecular complexity index is 2300. The maximum absolute atomic E-state index is 12.3. The van der Waals surface area contributed by atoms with Crippen LogP contribution in [0.25, 0.3) is 16.9 Å². The van der Waals surface area contributed by atoms with Crippen molar-refractivity contribution in [2.75, 3.05) is 0 Å². The number of benzene rings is 2. The van der Waals surface area contributed by atoms with E-state index in [1.54, 1.807) is 4.70 Å². The molecule has 2 nitrogen and oxygen atoms in total. The van der Waals surface area contributed by atoms with Crippen LogP contribution in [0.2, 0.25) is 10.8 Å². The van der Waals surface area contributed by atoms with Gasteiger partial charge in [0, 0.05) is 22.8 Å². The molecular weight excluding hydrogens is 1420 g/mol. The summed E-state index contributed by atoms with van der Waals surface area (Å²) in [5.41, 5.74) is 20.7. The van der Waals surface area contributed by atoms with E-state index >= 15 is 0 Å². The number of unbranched alkanes of at least 4 members (excludes halogenated alkanes) is 80. The van der Waals surface area contributed by atoms with E-state index in [-0.39, 0.29) is 0 Å². The predicted octanol–water partition coefficient (Wildman–Crippen LogP) is 41.1. The van der Waals surface area contributed by atoms with Gasteiger partial charge in [0.2, 0.25) is 11.4 Å². The Morgan fingerprint density at radius 3 is 0.623 bits per heavy atom. The molecule has 0 saturated heterocycles. The molecule has 0 spiro atoms. The van der Waals surface area contributed by atoms with E-state index < -0.39 is 0 Å². The van der Waals surface area contributed by atoms with Crippen molar-refractivity contribution < 1.29 is 19.1 Å². The number of hydrogen-bond donors (Lipinski definition) is 0. The SMILES string of the molecule is CCCCCCCCCCCCCCCCCCCCCCCCCCCCCC1=C(c2cccc(CCCCCCCCCCCCCCCCCCCCCCCCCCC)c2)[N+](=[N-])C(c2cccc(CCCCCCCCCCCCCCCCCCCCCCCCCCC)c2)=C1.CCCCC[CH2][Ni][CH2]CCCCC. The van der Waals surface area contributed by atoms with E-state index in [4.69, 9.17) is 0 Å². The van der Waals surface area contributed by atoms with Gasteiger partial charge in [-0.25, -0.2) is 4.70 Å². The van der Waals surface area contributed by atoms with Crippen molar-refractivity contribution in [1.29, 1.82) is 0 Å². The summed E-state index contributed by atoms with van der Waals surface area (Å²) in [7, 11) is 0. The molecule has 1 aliphatic rings. The number of allylic oxidation sites excluding steroid dienone is 2. The summed E-state index contributed by atoms with van der Waals surface area (Å²) in [4.78, 5) is 0. The molecule has 0 saturated carbocycles. The van der Waals surface area contributed by atoms with Crippen LogP contribution in [0.1, 0.15) is 609 Å². The van der Waals surface area contributed by atoms with Gasteiger partial charge in [-0.1, -0.05) is 520 Å². The molecular formula is C111H204N2Ni. The molecule has 0 radical (unpaired) electrons. The molecule has 0 aromatic heterocycles. The quantitative estimate of drug-likeness (QED) is 0.0358. The zero-order valence-corrected chi connectivity index (χ0v) is 79.5. The van der Waals surface area contributed by atoms with Gasteiger partial charge in [0.25, 0.3) is 0 Å². The summed E-state index contributed by atoms with van der Waals surface area (Å²) in [6, 6.07) is 18.5. The molecule has 3 rings (SSSR count). The molecule has 0 fully saturated rings. The number of nitrogens with zero attached hydrogens (tertiary/aromatic N) is 2. The number of aryl methyl sites for hydroxylation is 2. The molecule has 0 amide bonds. The standard InChI is InChI=1S/C99H178N2.2C6H13.Ni/c1-4-7-10-13-16-19-22-25-28-31-34-37-40-43-44-47-50-53-56-59-62-65-68-71-74-77-80-87-97-92-98(95-88-81-85-93(90-95)83-78-75-72-69-66-63-60-57-54-51-48-45-41-38-35-32-29-26-23-20-17-14-11-8-5-2)101(100)99(97)96-89-82-86-94(91-96)84-79-76-73-70-67-64-61-58-55-52-49-46-42-39-36-33-30-27-24-21-18-15-12-9-6-3;2*1-3-5-6-4-2;/h81-82,85-86,88-92H,4-80,83-84,87H2,1-3H3;2*1,3-6H2,2H3;. The van der Waals surface area contributed by atoms with Gasteiger partial charge in [-0.15, -0.1) is 0 Å². The molecule has 2 aromatic rings. The molecule has 2 aromatic carbocycles. The fourth-order valence-corrected chi connectivity index (χ4v) is 19.2. The van der Waals surface area contributed by atoms with Gasteiger partial charge in [-0.05, 0) is 73.9 Å². The first-order chi connectivity index (χ1) is 56.6. The van der Waals surface area contributed by atoms with E-state index in [0.717, 1.165) is 36.2 Å². The molecule has 0 aliphatic carbocycles. The van der Waals surface area contributed by atoms with Crippen molar-refractivity contribution in [2.24, 2.45) is 0 Å². The van der Waals surface area contributed by atoms with Gasteiger partial charge in [0.1, 0.15) is 0 Å². The van der Waals surface area contributed by atoms with E-state index in [2.05, 4.69) is 89.2 Å². The van der Waals surface area contributed by atoms with Gasteiger partial charge in [-0.2, -0.15) is 0 Å². The summed E-state index contributed by atoms with van der Waals surface area (Å²) >= 11 is 1.99. The Morgan fingerprint density at radius 1 is 0.211 bits per heavy atom. The van der Waals surface area contributed by atoms with E-state index in [1.165, 1.54) is 579 Å². The van der Waals surface area contributed by atoms with Gasteiger partial charge < -0.3 is 5.53 Å². The van der Waals surface area contributed by atoms with Crippen LogP contribution in [0.3, 0.4) is 0 Å². The molecule has 0 bridgehead atoms. The third-order valence-corrected chi connectivity index (χ3v) is 27.2. The summed E-state index contributed by atoms with van der Waals surface area (Å²) in [6.07, 6.45) is 127. The van der Waals surface area contributed by atoms with Gasteiger partial charge >= 0.3 is 90.4 Å². The Hall–Kier alpha value is -1.99. The number of hydrogen-bond acceptors (Lipinski definition) is 0. The van der Waals surface area contributed by atoms with E-state index in [1.807, 2.05) is 14.4 Å². The average molecular weight is 1630 g/mol. The Morgan fingerprint density at radius 2 is 0.395 bits per heavy atom. The van der Waals surface area contributed by atoms with Crippen LogP contribution in [-0.2, 0) is 27.3 Å². The second-order valence-corrected chi connectivity index (χ2v) is 38.6. The first kappa shape index (κ1) is 108. The molecule has 114 heavy (non-hydrogen) atoms. The van der Waals surface area contributed by atoms with Crippen molar-refractivity contribution >= 4 is 11.4 Å². The van der Waals surface area contributed by atoms with Gasteiger partial charge in [0.05, 0.1) is 0 Å². The fourth-order valence-electron chi connectivity index (χ4n) is 18.0. The zero-order chi connectivity index (χ0) is 81.3. The molecule has 1 heterocycles. The monoisotopic (exact) mass is 1620 g/mol. The van der Waals surface area contributed by atoms with Crippen LogP contribution in [0.4, 0.5) is 0 Å². The normalized spacial score (nSPS) is 12.4. The summed E-state index contributed by atoms with van der Waals surface area (Å²) < 4.78 is 1.58. The summed E-state index contributed by atoms with van der Waals surface area (Å²) in [5, 5.41) is 2.83. The zero-order valence-electron chi connectivity index (χ0n) is 78.5. The number of rotatable bonds is 92. The second-order valence-electron chi connectivity index (χ2n) is 37.1. The van der Waals surface area contributed by atoms with E-state index in [0.29, 0.717) is 0 Å². The minimum absolute atomic E-state index is 0.960. The first-order valence-electron chi connectivity index (χ1n) is 53.2. The van der Waals surface area contributed by atoms with Crippen molar-refractivity contribution in [3.05, 3.63) is 88.0 Å². The molecule has 0 N–H and O–H groups in total. The Kier molecular flexibility index (Phi) is 85.6. The van der Waals surface area contributed by atoms with Crippen LogP contribution >= 0.6 is 0 Å². The van der Waals surface area contributed by atoms with Crippen molar-refractivity contribution in [3.8, 4) is 0 Å². The summed E-state index contributed by atoms with van der Waals surface area (Å²) in [6.45, 7) is 11.5. The minimum atomic E-state index is 0.960. The molecule has 0 unspecified atom stereocenters. The van der Waals surface area contributed by atoms with E-state index in [9.17, 15) is 5.53 Å². The predicted molar refractivity (Wildman–Crippen MR) is 514 cm³/mol. The van der Waals surface area contributed by atoms with Crippen LogP contribution in [0.5, 0.6) is 0 Å². The molecule has 1 aliphatic heterocycles.